The quantitative estimate of drug-likeness (QED) is 0.816. The normalized spacial score (nSPS) is 17.3. The van der Waals surface area contributed by atoms with Crippen LogP contribution in [0.2, 0.25) is 0 Å². The molecule has 0 saturated carbocycles. The average molecular weight is 284 g/mol. The number of benzene rings is 1. The number of nitrogens with one attached hydrogen (secondary N) is 1. The van der Waals surface area contributed by atoms with Gasteiger partial charge in [-0.05, 0) is 25.1 Å². The zero-order valence-corrected chi connectivity index (χ0v) is 12.2. The van der Waals surface area contributed by atoms with E-state index in [9.17, 15) is 4.79 Å². The van der Waals surface area contributed by atoms with Crippen LogP contribution >= 0.6 is 12.4 Å². The molecule has 0 fully saturated rings. The molecule has 0 spiro atoms. The van der Waals surface area contributed by atoms with Crippen LogP contribution in [-0.2, 0) is 0 Å². The number of para-hydroxylation sites is 1. The Kier molecular flexibility index (Phi) is 6.89. The Morgan fingerprint density at radius 1 is 1.32 bits per heavy atom. The van der Waals surface area contributed by atoms with Gasteiger partial charge in [0.15, 0.2) is 5.78 Å². The molecule has 1 aliphatic heterocycles. The van der Waals surface area contributed by atoms with Gasteiger partial charge in [0, 0.05) is 6.54 Å². The molecular formula is C15H22ClNO2. The molecule has 1 N–H and O–H groups in total. The van der Waals surface area contributed by atoms with E-state index in [0.717, 1.165) is 24.4 Å². The van der Waals surface area contributed by atoms with Crippen LogP contribution in [0.4, 0.5) is 0 Å². The van der Waals surface area contributed by atoms with E-state index >= 15 is 0 Å². The lowest BCUT2D eigenvalue weighted by Gasteiger charge is -2.24. The first kappa shape index (κ1) is 16.0. The van der Waals surface area contributed by atoms with Gasteiger partial charge in [-0.2, -0.15) is 0 Å². The van der Waals surface area contributed by atoms with Crippen LogP contribution < -0.4 is 10.1 Å². The first-order valence-corrected chi connectivity index (χ1v) is 6.79. The molecule has 4 heteroatoms. The summed E-state index contributed by atoms with van der Waals surface area (Å²) in [6, 6.07) is 7.49. The van der Waals surface area contributed by atoms with Crippen LogP contribution in [-0.4, -0.2) is 25.5 Å². The zero-order chi connectivity index (χ0) is 12.8. The maximum Gasteiger partial charge on any atom is 0.174 e. The predicted molar refractivity (Wildman–Crippen MR) is 79.4 cm³/mol. The molecule has 0 saturated heterocycles. The second-order valence-corrected chi connectivity index (χ2v) is 4.78. The summed E-state index contributed by atoms with van der Waals surface area (Å²) in [7, 11) is 0. The van der Waals surface area contributed by atoms with Gasteiger partial charge in [0.2, 0.25) is 0 Å². The number of rotatable bonds is 6. The topological polar surface area (TPSA) is 38.3 Å². The summed E-state index contributed by atoms with van der Waals surface area (Å²) in [5.74, 6) is 0.895. The molecule has 1 aromatic carbocycles. The van der Waals surface area contributed by atoms with Gasteiger partial charge in [-0.15, -0.1) is 12.4 Å². The largest absolute Gasteiger partial charge is 0.492 e. The van der Waals surface area contributed by atoms with E-state index in [1.165, 1.54) is 19.3 Å². The van der Waals surface area contributed by atoms with Crippen molar-refractivity contribution in [2.24, 2.45) is 5.92 Å². The summed E-state index contributed by atoms with van der Waals surface area (Å²) < 4.78 is 5.62. The lowest BCUT2D eigenvalue weighted by Crippen LogP contribution is -2.36. The molecule has 1 atom stereocenters. The Balaban J connectivity index is 0.00000180. The summed E-state index contributed by atoms with van der Waals surface area (Å²) in [5.41, 5.74) is 0.726. The third-order valence-corrected chi connectivity index (χ3v) is 3.31. The molecule has 1 aromatic rings. The number of carbonyl (C=O) groups is 1. The lowest BCUT2D eigenvalue weighted by atomic mass is 9.95. The van der Waals surface area contributed by atoms with Crippen LogP contribution in [0.5, 0.6) is 5.75 Å². The Labute approximate surface area is 121 Å². The smallest absolute Gasteiger partial charge is 0.174 e. The second-order valence-electron chi connectivity index (χ2n) is 4.78. The number of Topliss-reactive ketones (excluding diaryl/α,β-unsaturated/α-hetero) is 1. The number of halogens is 1. The fraction of sp³-hybridized carbons (Fsp3) is 0.533. The number of hydrogen-bond donors (Lipinski definition) is 1. The summed E-state index contributed by atoms with van der Waals surface area (Å²) in [5, 5.41) is 3.35. The molecule has 0 aromatic heterocycles. The number of hydrogen-bond acceptors (Lipinski definition) is 3. The monoisotopic (exact) mass is 283 g/mol. The molecule has 1 aliphatic rings. The van der Waals surface area contributed by atoms with Crippen LogP contribution in [0.3, 0.4) is 0 Å². The van der Waals surface area contributed by atoms with Gasteiger partial charge in [-0.3, -0.25) is 4.79 Å². The van der Waals surface area contributed by atoms with Crippen LogP contribution in [0.25, 0.3) is 0 Å². The Morgan fingerprint density at radius 2 is 2.11 bits per heavy atom. The fourth-order valence-corrected chi connectivity index (χ4v) is 2.21. The van der Waals surface area contributed by atoms with Gasteiger partial charge < -0.3 is 10.1 Å². The number of carbonyl (C=O) groups excluding carboxylic acids is 1. The average Bonchev–Trinajstić information content (AvgIpc) is 2.41. The van der Waals surface area contributed by atoms with Crippen molar-refractivity contribution in [1.82, 2.24) is 5.32 Å². The highest BCUT2D eigenvalue weighted by Crippen LogP contribution is 2.26. The predicted octanol–water partition coefficient (Wildman–Crippen LogP) is 3.08. The minimum absolute atomic E-state index is 0. The first-order valence-electron chi connectivity index (χ1n) is 6.79. The van der Waals surface area contributed by atoms with Crippen LogP contribution in [0, 0.1) is 5.92 Å². The standard InChI is InChI=1S/C15H21NO2.ClH/c1-2-3-6-9-16-10-12-11-18-14-8-5-4-7-13(14)15(12)17;/h4-5,7-8,12,16H,2-3,6,9-11H2,1H3;1H. The van der Waals surface area contributed by atoms with E-state index in [-0.39, 0.29) is 24.1 Å². The van der Waals surface area contributed by atoms with Crippen LogP contribution in [0.1, 0.15) is 36.5 Å². The highest BCUT2D eigenvalue weighted by molar-refractivity contribution is 6.01. The fourth-order valence-electron chi connectivity index (χ4n) is 2.21. The van der Waals surface area contributed by atoms with E-state index in [4.69, 9.17) is 4.74 Å². The maximum absolute atomic E-state index is 12.2. The molecule has 2 rings (SSSR count). The lowest BCUT2D eigenvalue weighted by molar-refractivity contribution is 0.0830. The van der Waals surface area contributed by atoms with Gasteiger partial charge in [0.05, 0.1) is 18.1 Å². The third-order valence-electron chi connectivity index (χ3n) is 3.31. The summed E-state index contributed by atoms with van der Waals surface area (Å²) in [4.78, 5) is 12.2. The summed E-state index contributed by atoms with van der Waals surface area (Å²) >= 11 is 0. The molecule has 0 amide bonds. The van der Waals surface area contributed by atoms with Crippen LogP contribution in [0.15, 0.2) is 24.3 Å². The van der Waals surface area contributed by atoms with Crippen molar-refractivity contribution in [3.63, 3.8) is 0 Å². The Hall–Kier alpha value is -1.06. The first-order chi connectivity index (χ1) is 8.83. The Bertz CT molecular complexity index is 409. The zero-order valence-electron chi connectivity index (χ0n) is 11.4. The summed E-state index contributed by atoms with van der Waals surface area (Å²) in [6.07, 6.45) is 3.64. The molecule has 1 unspecified atom stereocenters. The van der Waals surface area contributed by atoms with Crippen molar-refractivity contribution in [3.8, 4) is 5.75 Å². The number of fused-ring (bicyclic) bond motifs is 1. The number of ketones is 1. The van der Waals surface area contributed by atoms with Gasteiger partial charge in [-0.25, -0.2) is 0 Å². The highest BCUT2D eigenvalue weighted by atomic mass is 35.5. The van der Waals surface area contributed by atoms with Crippen molar-refractivity contribution in [2.45, 2.75) is 26.2 Å². The molecule has 19 heavy (non-hydrogen) atoms. The molecule has 1 heterocycles. The van der Waals surface area contributed by atoms with Crippen molar-refractivity contribution >= 4 is 18.2 Å². The minimum Gasteiger partial charge on any atom is -0.492 e. The molecule has 0 radical (unpaired) electrons. The molecule has 0 aliphatic carbocycles. The van der Waals surface area contributed by atoms with Crippen molar-refractivity contribution in [2.75, 3.05) is 19.7 Å². The molecule has 3 nitrogen and oxygen atoms in total. The van der Waals surface area contributed by atoms with Gasteiger partial charge in [0.1, 0.15) is 5.75 Å². The van der Waals surface area contributed by atoms with Gasteiger partial charge >= 0.3 is 0 Å². The van der Waals surface area contributed by atoms with Crippen molar-refractivity contribution < 1.29 is 9.53 Å². The summed E-state index contributed by atoms with van der Waals surface area (Å²) in [6.45, 7) is 4.39. The number of unbranched alkanes of at least 4 members (excludes halogenated alkanes) is 2. The maximum atomic E-state index is 12.2. The Morgan fingerprint density at radius 3 is 2.89 bits per heavy atom. The van der Waals surface area contributed by atoms with Crippen molar-refractivity contribution in [3.05, 3.63) is 29.8 Å². The molecule has 0 bridgehead atoms. The van der Waals surface area contributed by atoms with E-state index in [0.29, 0.717) is 6.61 Å². The van der Waals surface area contributed by atoms with E-state index in [2.05, 4.69) is 12.2 Å². The van der Waals surface area contributed by atoms with Gasteiger partial charge in [-0.1, -0.05) is 31.9 Å². The van der Waals surface area contributed by atoms with Gasteiger partial charge in [0.25, 0.3) is 0 Å². The number of ether oxygens (including phenoxy) is 1. The minimum atomic E-state index is -0.0403. The van der Waals surface area contributed by atoms with Crippen molar-refractivity contribution in [1.29, 1.82) is 0 Å². The molecular weight excluding hydrogens is 262 g/mol. The SMILES string of the molecule is CCCCCNCC1COc2ccccc2C1=O.Cl. The van der Waals surface area contributed by atoms with E-state index < -0.39 is 0 Å². The van der Waals surface area contributed by atoms with E-state index in [1.54, 1.807) is 0 Å². The van der Waals surface area contributed by atoms with E-state index in [1.807, 2.05) is 24.3 Å². The molecule has 106 valence electrons. The second kappa shape index (κ2) is 8.18. The third kappa shape index (κ3) is 4.22. The highest BCUT2D eigenvalue weighted by Gasteiger charge is 2.27.